The number of para-hydroxylation sites is 6. The number of hydrogen-bond donors (Lipinski definition) is 0. The molecule has 0 atom stereocenters. The van der Waals surface area contributed by atoms with Crippen molar-refractivity contribution in [3.05, 3.63) is 254 Å². The smallest absolute Gasteiger partial charge is 0.271 e. The Morgan fingerprint density at radius 3 is 1.35 bits per heavy atom. The third-order valence-electron chi connectivity index (χ3n) is 18.4. The number of benzene rings is 9. The van der Waals surface area contributed by atoms with Crippen LogP contribution in [0.25, 0.3) is 10.1 Å². The van der Waals surface area contributed by atoms with Crippen molar-refractivity contribution in [3.63, 3.8) is 0 Å². The van der Waals surface area contributed by atoms with E-state index in [1.54, 1.807) is 0 Å². The second-order valence-electron chi connectivity index (χ2n) is 24.3. The number of ether oxygens (including phenoxy) is 2. The molecule has 0 saturated heterocycles. The van der Waals surface area contributed by atoms with Gasteiger partial charge in [-0.1, -0.05) is 161 Å². The molecule has 3 aromatic heterocycles. The van der Waals surface area contributed by atoms with Crippen LogP contribution in [0.15, 0.2) is 243 Å². The molecule has 0 amide bonds. The van der Waals surface area contributed by atoms with Gasteiger partial charge in [-0.05, 0) is 148 Å². The van der Waals surface area contributed by atoms with Gasteiger partial charge >= 0.3 is 0 Å². The quantitative estimate of drug-likeness (QED) is 0.140. The lowest BCUT2D eigenvalue weighted by Crippen LogP contribution is -2.63. The maximum Gasteiger partial charge on any atom is 0.271 e. The molecule has 0 bridgehead atoms. The molecule has 7 heterocycles. The van der Waals surface area contributed by atoms with Crippen molar-refractivity contribution in [1.82, 2.24) is 9.97 Å². The fourth-order valence-corrected chi connectivity index (χ4v) is 15.5. The standard InChI is InChI=1S/C74H56B2N6O2S/c1-73(2)39-40-74(3,4)55-42-63-58(41-54(55)73)75-56-43-57-60(44-59(56)81(51-33-19-9-20-34-51)61-45-65(77-71(83-63)67(61)75)79(47-25-11-5-12-26-47)48-27-13-6-14-28-48)82(52-35-21-10-22-36-52)62-46-66(80(49-29-15-7-16-30-49)50-31-17-8-18-32-50)78-72-68(62)76(57)70-69(84-72)53-37-23-24-38-64(53)85-70/h5-38,41-46H,39-40H2,1-4H3. The Balaban J connectivity index is 0.989. The molecule has 8 nitrogen and oxygen atoms in total. The minimum absolute atomic E-state index is 0.0564. The molecule has 1 aliphatic carbocycles. The van der Waals surface area contributed by atoms with E-state index in [0.717, 1.165) is 119 Å². The Hall–Kier alpha value is -9.83. The van der Waals surface area contributed by atoms with Crippen molar-refractivity contribution in [2.24, 2.45) is 0 Å². The number of aromatic nitrogens is 2. The van der Waals surface area contributed by atoms with Gasteiger partial charge in [-0.25, -0.2) is 0 Å². The second-order valence-corrected chi connectivity index (χ2v) is 25.4. The van der Waals surface area contributed by atoms with Crippen molar-refractivity contribution in [3.8, 4) is 23.3 Å². The lowest BCUT2D eigenvalue weighted by Gasteiger charge is -2.45. The first kappa shape index (κ1) is 49.8. The van der Waals surface area contributed by atoms with Crippen LogP contribution in [0.3, 0.4) is 0 Å². The van der Waals surface area contributed by atoms with Crippen LogP contribution in [-0.4, -0.2) is 23.4 Å². The first-order valence-corrected chi connectivity index (χ1v) is 30.3. The van der Waals surface area contributed by atoms with Gasteiger partial charge in [-0.3, -0.25) is 9.80 Å². The van der Waals surface area contributed by atoms with E-state index in [0.29, 0.717) is 11.8 Å². The molecule has 5 aliphatic rings. The maximum atomic E-state index is 7.49. The monoisotopic (exact) mass is 1110 g/mol. The van der Waals surface area contributed by atoms with Crippen molar-refractivity contribution in [2.45, 2.75) is 51.4 Å². The first-order chi connectivity index (χ1) is 41.6. The van der Waals surface area contributed by atoms with Crippen LogP contribution in [0, 0.1) is 0 Å². The number of fused-ring (bicyclic) bond motifs is 11. The number of nitrogens with zero attached hydrogens (tertiary/aromatic N) is 6. The summed E-state index contributed by atoms with van der Waals surface area (Å²) >= 11 is 1.82. The normalized spacial score (nSPS) is 15.0. The predicted octanol–water partition coefficient (Wildman–Crippen LogP) is 15.8. The van der Waals surface area contributed by atoms with E-state index in [1.807, 2.05) is 11.3 Å². The highest BCUT2D eigenvalue weighted by molar-refractivity contribution is 7.33. The molecule has 0 unspecified atom stereocenters. The van der Waals surface area contributed by atoms with E-state index in [4.69, 9.17) is 19.4 Å². The van der Waals surface area contributed by atoms with Gasteiger partial charge in [0.2, 0.25) is 11.8 Å². The Bertz CT molecular complexity index is 4570. The summed E-state index contributed by atoms with van der Waals surface area (Å²) in [6.45, 7) is 9.14. The van der Waals surface area contributed by atoms with Crippen LogP contribution >= 0.6 is 11.3 Å². The SMILES string of the molecule is CC1(C)CCC(C)(C)c2cc3c(cc21)Oc1nc(N(c2ccccc2)c2ccccc2)cc2c1B3c1cc3c(cc1N2c1ccccc1)N(c1ccccc1)c1cc(N(c2ccccc2)c2ccccc2)nc2c1B3c1sc3ccccc3c1O2. The lowest BCUT2D eigenvalue weighted by atomic mass is 9.32. The molecule has 406 valence electrons. The molecule has 4 aliphatic heterocycles. The molecule has 85 heavy (non-hydrogen) atoms. The van der Waals surface area contributed by atoms with Crippen LogP contribution < -0.4 is 61.2 Å². The summed E-state index contributed by atoms with van der Waals surface area (Å²) in [4.78, 5) is 20.8. The molecule has 11 heteroatoms. The summed E-state index contributed by atoms with van der Waals surface area (Å²) in [5, 5.41) is 1.08. The van der Waals surface area contributed by atoms with E-state index >= 15 is 0 Å². The fraction of sp³-hybridized carbons (Fsp3) is 0.108. The van der Waals surface area contributed by atoms with Gasteiger partial charge in [-0.2, -0.15) is 9.97 Å². The van der Waals surface area contributed by atoms with Crippen molar-refractivity contribution in [2.75, 3.05) is 19.6 Å². The van der Waals surface area contributed by atoms with E-state index in [2.05, 4.69) is 290 Å². The third-order valence-corrected chi connectivity index (χ3v) is 19.6. The van der Waals surface area contributed by atoms with Gasteiger partial charge in [0, 0.05) is 83.4 Å². The summed E-state index contributed by atoms with van der Waals surface area (Å²) in [6.07, 6.45) is 2.18. The Labute approximate surface area is 500 Å². The zero-order chi connectivity index (χ0) is 56.7. The van der Waals surface area contributed by atoms with Crippen LogP contribution in [-0.2, 0) is 10.8 Å². The van der Waals surface area contributed by atoms with Gasteiger partial charge in [0.15, 0.2) is 0 Å². The average Bonchev–Trinajstić information content (AvgIpc) is 1.52. The first-order valence-electron chi connectivity index (χ1n) is 29.5. The van der Waals surface area contributed by atoms with Gasteiger partial charge in [0.1, 0.15) is 23.1 Å². The van der Waals surface area contributed by atoms with Crippen LogP contribution in [0.2, 0.25) is 0 Å². The topological polar surface area (TPSA) is 57.2 Å². The van der Waals surface area contributed by atoms with Gasteiger partial charge < -0.3 is 19.3 Å². The molecule has 9 aromatic carbocycles. The van der Waals surface area contributed by atoms with Crippen molar-refractivity contribution in [1.29, 1.82) is 0 Å². The Kier molecular flexibility index (Phi) is 11.0. The van der Waals surface area contributed by atoms with Gasteiger partial charge in [-0.15, -0.1) is 11.3 Å². The fourth-order valence-electron chi connectivity index (χ4n) is 14.2. The average molecular weight is 1110 g/mol. The molecule has 12 aromatic rings. The van der Waals surface area contributed by atoms with Crippen molar-refractivity contribution >= 4 is 135 Å². The third kappa shape index (κ3) is 7.69. The molecule has 0 spiro atoms. The molecule has 0 saturated carbocycles. The minimum Gasteiger partial charge on any atom is -0.440 e. The summed E-state index contributed by atoms with van der Waals surface area (Å²) in [5.74, 6) is 4.42. The van der Waals surface area contributed by atoms with E-state index in [-0.39, 0.29) is 24.3 Å². The number of hydrogen-bond acceptors (Lipinski definition) is 9. The van der Waals surface area contributed by atoms with E-state index < -0.39 is 0 Å². The number of thiophene rings is 1. The minimum atomic E-state index is -0.262. The highest BCUT2D eigenvalue weighted by Gasteiger charge is 2.50. The van der Waals surface area contributed by atoms with Crippen LogP contribution in [0.1, 0.15) is 51.7 Å². The Morgan fingerprint density at radius 1 is 0.424 bits per heavy atom. The highest BCUT2D eigenvalue weighted by atomic mass is 32.1. The summed E-state index contributed by atoms with van der Waals surface area (Å²) in [5.41, 5.74) is 18.4. The lowest BCUT2D eigenvalue weighted by molar-refractivity contribution is 0.330. The molecule has 17 rings (SSSR count). The molecule has 0 radical (unpaired) electrons. The highest BCUT2D eigenvalue weighted by Crippen LogP contribution is 2.52. The van der Waals surface area contributed by atoms with Crippen LogP contribution in [0.5, 0.6) is 23.3 Å². The summed E-state index contributed by atoms with van der Waals surface area (Å²) in [6, 6.07) is 87.2. The largest absolute Gasteiger partial charge is 0.440 e. The van der Waals surface area contributed by atoms with Crippen molar-refractivity contribution < 1.29 is 9.47 Å². The second kappa shape index (κ2) is 18.8. The number of anilines is 12. The molecular weight excluding hydrogens is 1060 g/mol. The molecule has 0 fully saturated rings. The zero-order valence-electron chi connectivity index (χ0n) is 47.6. The number of rotatable bonds is 8. The molecule has 0 N–H and O–H groups in total. The summed E-state index contributed by atoms with van der Waals surface area (Å²) < 4.78 is 17.2. The van der Waals surface area contributed by atoms with E-state index in [9.17, 15) is 0 Å². The van der Waals surface area contributed by atoms with Gasteiger partial charge in [0.05, 0.1) is 11.4 Å². The summed E-state index contributed by atoms with van der Waals surface area (Å²) in [7, 11) is 0. The zero-order valence-corrected chi connectivity index (χ0v) is 48.4. The van der Waals surface area contributed by atoms with E-state index in [1.165, 1.54) is 26.8 Å². The number of pyridine rings is 2. The predicted molar refractivity (Wildman–Crippen MR) is 354 cm³/mol. The van der Waals surface area contributed by atoms with Gasteiger partial charge in [0.25, 0.3) is 13.4 Å². The maximum absolute atomic E-state index is 7.49. The Morgan fingerprint density at radius 2 is 0.847 bits per heavy atom. The molecular formula is C74H56B2N6O2S. The van der Waals surface area contributed by atoms with Crippen LogP contribution in [0.4, 0.5) is 68.5 Å².